The molecule has 1 amide bonds. The first-order valence-corrected chi connectivity index (χ1v) is 8.39. The molecular formula is C17H23N5O2. The lowest BCUT2D eigenvalue weighted by Gasteiger charge is -2.34. The Labute approximate surface area is 141 Å². The van der Waals surface area contributed by atoms with E-state index < -0.39 is 0 Å². The number of carbonyl (C=O) groups is 1. The van der Waals surface area contributed by atoms with Gasteiger partial charge in [-0.25, -0.2) is 0 Å². The van der Waals surface area contributed by atoms with Crippen molar-refractivity contribution in [3.63, 3.8) is 0 Å². The monoisotopic (exact) mass is 329 g/mol. The third-order valence-electron chi connectivity index (χ3n) is 4.23. The zero-order valence-corrected chi connectivity index (χ0v) is 14.0. The lowest BCUT2D eigenvalue weighted by molar-refractivity contribution is -0.133. The van der Waals surface area contributed by atoms with Gasteiger partial charge < -0.3 is 9.42 Å². The number of rotatable bonds is 6. The first-order valence-electron chi connectivity index (χ1n) is 8.39. The Kier molecular flexibility index (Phi) is 5.53. The van der Waals surface area contributed by atoms with Gasteiger partial charge in [0.25, 0.3) is 0 Å². The van der Waals surface area contributed by atoms with Crippen LogP contribution in [0.4, 0.5) is 0 Å². The van der Waals surface area contributed by atoms with Crippen molar-refractivity contribution in [1.29, 1.82) is 0 Å². The maximum atomic E-state index is 12.3. The van der Waals surface area contributed by atoms with E-state index in [1.807, 2.05) is 29.4 Å². The average molecular weight is 329 g/mol. The molecule has 2 aromatic heterocycles. The molecular weight excluding hydrogens is 306 g/mol. The molecule has 0 N–H and O–H groups in total. The summed E-state index contributed by atoms with van der Waals surface area (Å²) in [6, 6.07) is 4.08. The minimum absolute atomic E-state index is 0.217. The standard InChI is InChI=1S/C17H23N5O2/c1-14-19-16(24-20-14)3-2-4-17(23)22-11-9-21(10-12-22)13-15-5-7-18-8-6-15/h5-8H,2-4,9-13H2,1H3. The van der Waals surface area contributed by atoms with Crippen LogP contribution in [0.2, 0.25) is 0 Å². The second-order valence-corrected chi connectivity index (χ2v) is 6.10. The summed E-state index contributed by atoms with van der Waals surface area (Å²) >= 11 is 0. The molecule has 0 saturated carbocycles. The zero-order chi connectivity index (χ0) is 16.8. The second kappa shape index (κ2) is 8.01. The Hall–Kier alpha value is -2.28. The summed E-state index contributed by atoms with van der Waals surface area (Å²) in [5.74, 6) is 1.47. The number of aromatic nitrogens is 3. The largest absolute Gasteiger partial charge is 0.340 e. The third kappa shape index (κ3) is 4.61. The van der Waals surface area contributed by atoms with Crippen LogP contribution in [-0.4, -0.2) is 57.0 Å². The second-order valence-electron chi connectivity index (χ2n) is 6.10. The van der Waals surface area contributed by atoms with Gasteiger partial charge in [-0.2, -0.15) is 4.98 Å². The van der Waals surface area contributed by atoms with Crippen molar-refractivity contribution in [2.24, 2.45) is 0 Å². The van der Waals surface area contributed by atoms with E-state index in [1.54, 1.807) is 6.92 Å². The van der Waals surface area contributed by atoms with Crippen LogP contribution in [0, 0.1) is 6.92 Å². The van der Waals surface area contributed by atoms with E-state index in [2.05, 4.69) is 20.0 Å². The lowest BCUT2D eigenvalue weighted by Crippen LogP contribution is -2.48. The first kappa shape index (κ1) is 16.6. The van der Waals surface area contributed by atoms with Gasteiger partial charge in [0.1, 0.15) is 0 Å². The van der Waals surface area contributed by atoms with Gasteiger partial charge in [-0.05, 0) is 31.0 Å². The molecule has 7 nitrogen and oxygen atoms in total. The van der Waals surface area contributed by atoms with E-state index in [0.717, 1.165) is 39.1 Å². The fraction of sp³-hybridized carbons (Fsp3) is 0.529. The average Bonchev–Trinajstić information content (AvgIpc) is 3.02. The van der Waals surface area contributed by atoms with Crippen LogP contribution >= 0.6 is 0 Å². The number of hydrogen-bond donors (Lipinski definition) is 0. The van der Waals surface area contributed by atoms with E-state index in [0.29, 0.717) is 24.6 Å². The number of nitrogens with zero attached hydrogens (tertiary/aromatic N) is 5. The summed E-state index contributed by atoms with van der Waals surface area (Å²) in [6.07, 6.45) is 5.58. The van der Waals surface area contributed by atoms with Gasteiger partial charge in [-0.3, -0.25) is 14.7 Å². The lowest BCUT2D eigenvalue weighted by atomic mass is 10.2. The molecule has 1 saturated heterocycles. The smallest absolute Gasteiger partial charge is 0.226 e. The quantitative estimate of drug-likeness (QED) is 0.798. The maximum Gasteiger partial charge on any atom is 0.226 e. The van der Waals surface area contributed by atoms with Crippen LogP contribution < -0.4 is 0 Å². The molecule has 2 aromatic rings. The maximum absolute atomic E-state index is 12.3. The highest BCUT2D eigenvalue weighted by atomic mass is 16.5. The summed E-state index contributed by atoms with van der Waals surface area (Å²) in [5.41, 5.74) is 1.26. The molecule has 24 heavy (non-hydrogen) atoms. The summed E-state index contributed by atoms with van der Waals surface area (Å²) in [7, 11) is 0. The van der Waals surface area contributed by atoms with Crippen molar-refractivity contribution in [1.82, 2.24) is 24.9 Å². The first-order chi connectivity index (χ1) is 11.7. The van der Waals surface area contributed by atoms with Crippen molar-refractivity contribution < 1.29 is 9.32 Å². The Morgan fingerprint density at radius 3 is 2.62 bits per heavy atom. The van der Waals surface area contributed by atoms with Crippen molar-refractivity contribution in [3.05, 3.63) is 41.8 Å². The van der Waals surface area contributed by atoms with Crippen LogP contribution in [0.5, 0.6) is 0 Å². The number of hydrogen-bond acceptors (Lipinski definition) is 6. The predicted octanol–water partition coefficient (Wildman–Crippen LogP) is 1.44. The molecule has 3 rings (SSSR count). The molecule has 3 heterocycles. The number of aryl methyl sites for hydroxylation is 2. The van der Waals surface area contributed by atoms with Gasteiger partial charge in [-0.1, -0.05) is 5.16 Å². The van der Waals surface area contributed by atoms with Crippen molar-refractivity contribution in [3.8, 4) is 0 Å². The van der Waals surface area contributed by atoms with E-state index in [4.69, 9.17) is 4.52 Å². The number of piperazine rings is 1. The van der Waals surface area contributed by atoms with Gasteiger partial charge in [0.2, 0.25) is 11.8 Å². The third-order valence-corrected chi connectivity index (χ3v) is 4.23. The van der Waals surface area contributed by atoms with E-state index in [-0.39, 0.29) is 5.91 Å². The highest BCUT2D eigenvalue weighted by molar-refractivity contribution is 5.76. The van der Waals surface area contributed by atoms with Gasteiger partial charge in [0.05, 0.1) is 0 Å². The topological polar surface area (TPSA) is 75.4 Å². The van der Waals surface area contributed by atoms with Crippen LogP contribution in [-0.2, 0) is 17.8 Å². The molecule has 0 atom stereocenters. The molecule has 0 aliphatic carbocycles. The molecule has 1 fully saturated rings. The Morgan fingerprint density at radius 2 is 1.96 bits per heavy atom. The molecule has 0 bridgehead atoms. The normalized spacial score (nSPS) is 15.6. The molecule has 1 aliphatic heterocycles. The van der Waals surface area contributed by atoms with Crippen molar-refractivity contribution in [2.75, 3.05) is 26.2 Å². The Bertz CT molecular complexity index is 650. The summed E-state index contributed by atoms with van der Waals surface area (Å²) in [4.78, 5) is 24.8. The summed E-state index contributed by atoms with van der Waals surface area (Å²) < 4.78 is 5.07. The van der Waals surface area contributed by atoms with Crippen molar-refractivity contribution in [2.45, 2.75) is 32.7 Å². The minimum Gasteiger partial charge on any atom is -0.340 e. The van der Waals surface area contributed by atoms with E-state index in [9.17, 15) is 4.79 Å². The van der Waals surface area contributed by atoms with E-state index >= 15 is 0 Å². The molecule has 128 valence electrons. The number of carbonyl (C=O) groups excluding carboxylic acids is 1. The fourth-order valence-corrected chi connectivity index (χ4v) is 2.89. The molecule has 0 spiro atoms. The Balaban J connectivity index is 1.37. The number of amides is 1. The number of pyridine rings is 1. The van der Waals surface area contributed by atoms with Gasteiger partial charge in [0.15, 0.2) is 5.82 Å². The molecule has 0 unspecified atom stereocenters. The highest BCUT2D eigenvalue weighted by Crippen LogP contribution is 2.10. The van der Waals surface area contributed by atoms with E-state index in [1.165, 1.54) is 5.56 Å². The molecule has 1 aliphatic rings. The van der Waals surface area contributed by atoms with Gasteiger partial charge in [-0.15, -0.1) is 0 Å². The van der Waals surface area contributed by atoms with Crippen LogP contribution in [0.15, 0.2) is 29.0 Å². The fourth-order valence-electron chi connectivity index (χ4n) is 2.89. The Morgan fingerprint density at radius 1 is 1.21 bits per heavy atom. The molecule has 7 heteroatoms. The van der Waals surface area contributed by atoms with Crippen molar-refractivity contribution >= 4 is 5.91 Å². The predicted molar refractivity (Wildman–Crippen MR) is 88.1 cm³/mol. The molecule has 0 aromatic carbocycles. The van der Waals surface area contributed by atoms with Crippen LogP contribution in [0.3, 0.4) is 0 Å². The zero-order valence-electron chi connectivity index (χ0n) is 14.0. The van der Waals surface area contributed by atoms with Gasteiger partial charge in [0, 0.05) is 58.0 Å². The minimum atomic E-state index is 0.217. The van der Waals surface area contributed by atoms with Gasteiger partial charge >= 0.3 is 0 Å². The molecule has 0 radical (unpaired) electrons. The SMILES string of the molecule is Cc1noc(CCCC(=O)N2CCN(Cc3ccncc3)CC2)n1. The van der Waals surface area contributed by atoms with Crippen LogP contribution in [0.1, 0.15) is 30.1 Å². The van der Waals surface area contributed by atoms with Crippen LogP contribution in [0.25, 0.3) is 0 Å². The highest BCUT2D eigenvalue weighted by Gasteiger charge is 2.20. The summed E-state index contributed by atoms with van der Waals surface area (Å²) in [6.45, 7) is 6.13. The summed E-state index contributed by atoms with van der Waals surface area (Å²) in [5, 5.41) is 3.76.